The number of anilines is 1. The lowest BCUT2D eigenvalue weighted by Crippen LogP contribution is -2.32. The molecule has 0 bridgehead atoms. The lowest BCUT2D eigenvalue weighted by Gasteiger charge is -2.07. The van der Waals surface area contributed by atoms with Crippen molar-refractivity contribution in [2.75, 3.05) is 11.9 Å². The zero-order chi connectivity index (χ0) is 20.7. The van der Waals surface area contributed by atoms with Crippen molar-refractivity contribution in [3.05, 3.63) is 57.6 Å². The highest BCUT2D eigenvalue weighted by atomic mass is 16.6. The number of aromatic hydroxyl groups is 1. The second-order valence-corrected chi connectivity index (χ2v) is 5.60. The fraction of sp³-hybridized carbons (Fsp3) is 0.167. The van der Waals surface area contributed by atoms with Gasteiger partial charge < -0.3 is 15.2 Å². The summed E-state index contributed by atoms with van der Waals surface area (Å²) in [6.07, 6.45) is 1.09. The quantitative estimate of drug-likeness (QED) is 0.300. The van der Waals surface area contributed by atoms with Crippen LogP contribution in [0, 0.1) is 17.0 Å². The Morgan fingerprint density at radius 1 is 1.29 bits per heavy atom. The molecule has 2 aromatic rings. The smallest absolute Gasteiger partial charge is 0.329 e. The number of nitrogens with zero attached hydrogens (tertiary/aromatic N) is 2. The lowest BCUT2D eigenvalue weighted by molar-refractivity contribution is -0.386. The van der Waals surface area contributed by atoms with E-state index in [1.165, 1.54) is 6.07 Å². The maximum Gasteiger partial charge on any atom is 0.329 e. The third kappa shape index (κ3) is 5.27. The number of ether oxygens (including phenoxy) is 1. The topological polar surface area (TPSA) is 143 Å². The van der Waals surface area contributed by atoms with E-state index in [1.54, 1.807) is 25.1 Å². The van der Waals surface area contributed by atoms with Gasteiger partial charge in [0.05, 0.1) is 17.7 Å². The molecule has 0 spiro atoms. The number of benzene rings is 2. The van der Waals surface area contributed by atoms with Gasteiger partial charge in [0.15, 0.2) is 5.75 Å². The number of nitro benzene ring substituents is 1. The summed E-state index contributed by atoms with van der Waals surface area (Å²) in [6.45, 7) is 3.67. The molecular weight excluding hydrogens is 368 g/mol. The number of carbonyl (C=O) groups excluding carboxylic acids is 2. The minimum absolute atomic E-state index is 0.0957. The normalized spacial score (nSPS) is 10.5. The Bertz CT molecular complexity index is 942. The van der Waals surface area contributed by atoms with Crippen molar-refractivity contribution in [1.29, 1.82) is 0 Å². The number of hydrogen-bond donors (Lipinski definition) is 3. The molecule has 146 valence electrons. The summed E-state index contributed by atoms with van der Waals surface area (Å²) < 4.78 is 5.14. The van der Waals surface area contributed by atoms with Gasteiger partial charge in [-0.05, 0) is 37.6 Å². The first-order valence-electron chi connectivity index (χ1n) is 8.17. The molecule has 0 radical (unpaired) electrons. The van der Waals surface area contributed by atoms with E-state index >= 15 is 0 Å². The third-order valence-corrected chi connectivity index (χ3v) is 3.44. The third-order valence-electron chi connectivity index (χ3n) is 3.44. The van der Waals surface area contributed by atoms with E-state index in [9.17, 15) is 24.8 Å². The summed E-state index contributed by atoms with van der Waals surface area (Å²) in [5, 5.41) is 26.9. The maximum absolute atomic E-state index is 11.9. The van der Waals surface area contributed by atoms with Gasteiger partial charge in [-0.25, -0.2) is 5.43 Å². The standard InChI is InChI=1S/C18H18N4O6/c1-3-28-15-9-12(8-14(16(15)23)22(26)27)10-19-21-18(25)17(24)20-13-6-4-5-11(2)7-13/h4-10,23H,3H2,1-2H3,(H,20,24)(H,21,25)/b19-10-. The minimum atomic E-state index is -1.02. The van der Waals surface area contributed by atoms with Gasteiger partial charge in [-0.3, -0.25) is 19.7 Å². The number of hydrazone groups is 1. The Morgan fingerprint density at radius 2 is 2.04 bits per heavy atom. The van der Waals surface area contributed by atoms with Crippen molar-refractivity contribution < 1.29 is 24.4 Å². The highest BCUT2D eigenvalue weighted by Gasteiger charge is 2.20. The van der Waals surface area contributed by atoms with Crippen LogP contribution >= 0.6 is 0 Å². The molecule has 0 aromatic heterocycles. The number of hydrogen-bond acceptors (Lipinski definition) is 7. The summed E-state index contributed by atoms with van der Waals surface area (Å²) in [6, 6.07) is 9.27. The summed E-state index contributed by atoms with van der Waals surface area (Å²) in [7, 11) is 0. The van der Waals surface area contributed by atoms with Gasteiger partial charge in [0, 0.05) is 17.3 Å². The average molecular weight is 386 g/mol. The van der Waals surface area contributed by atoms with Crippen LogP contribution in [-0.2, 0) is 9.59 Å². The SMILES string of the molecule is CCOc1cc(/C=N\NC(=O)C(=O)Nc2cccc(C)c2)cc([N+](=O)[O-])c1O. The number of amides is 2. The number of rotatable bonds is 6. The van der Waals surface area contributed by atoms with Crippen LogP contribution in [0.2, 0.25) is 0 Å². The Hall–Kier alpha value is -3.95. The van der Waals surface area contributed by atoms with Gasteiger partial charge in [-0.2, -0.15) is 5.10 Å². The Kier molecular flexibility index (Phi) is 6.63. The molecule has 0 fully saturated rings. The molecule has 10 nitrogen and oxygen atoms in total. The van der Waals surface area contributed by atoms with E-state index in [-0.39, 0.29) is 17.9 Å². The molecular formula is C18H18N4O6. The van der Waals surface area contributed by atoms with Crippen LogP contribution < -0.4 is 15.5 Å². The predicted molar refractivity (Wildman–Crippen MR) is 101 cm³/mol. The first-order valence-corrected chi connectivity index (χ1v) is 8.17. The zero-order valence-electron chi connectivity index (χ0n) is 15.1. The van der Waals surface area contributed by atoms with Crippen molar-refractivity contribution in [1.82, 2.24) is 5.43 Å². The molecule has 0 unspecified atom stereocenters. The van der Waals surface area contributed by atoms with Crippen LogP contribution in [0.4, 0.5) is 11.4 Å². The fourth-order valence-electron chi connectivity index (χ4n) is 2.22. The first kappa shape index (κ1) is 20.4. The van der Waals surface area contributed by atoms with E-state index in [2.05, 4.69) is 10.4 Å². The van der Waals surface area contributed by atoms with Crippen LogP contribution in [0.5, 0.6) is 11.5 Å². The second-order valence-electron chi connectivity index (χ2n) is 5.60. The molecule has 2 amide bonds. The molecule has 0 atom stereocenters. The van der Waals surface area contributed by atoms with Crippen LogP contribution in [0.15, 0.2) is 41.5 Å². The highest BCUT2D eigenvalue weighted by molar-refractivity contribution is 6.39. The Labute approximate surface area is 160 Å². The van der Waals surface area contributed by atoms with Gasteiger partial charge in [0.2, 0.25) is 5.75 Å². The fourth-order valence-corrected chi connectivity index (χ4v) is 2.22. The Balaban J connectivity index is 2.07. The molecule has 28 heavy (non-hydrogen) atoms. The molecule has 0 heterocycles. The zero-order valence-corrected chi connectivity index (χ0v) is 15.1. The first-order chi connectivity index (χ1) is 13.3. The molecule has 0 aliphatic carbocycles. The molecule has 0 aliphatic heterocycles. The van der Waals surface area contributed by atoms with E-state index < -0.39 is 28.2 Å². The number of carbonyl (C=O) groups is 2. The summed E-state index contributed by atoms with van der Waals surface area (Å²) in [5.74, 6) is -2.64. The molecule has 0 saturated heterocycles. The van der Waals surface area contributed by atoms with Crippen LogP contribution in [0.3, 0.4) is 0 Å². The van der Waals surface area contributed by atoms with Gasteiger partial charge in [-0.1, -0.05) is 12.1 Å². The summed E-state index contributed by atoms with van der Waals surface area (Å²) >= 11 is 0. The predicted octanol–water partition coefficient (Wildman–Crippen LogP) is 2.10. The van der Waals surface area contributed by atoms with Gasteiger partial charge >= 0.3 is 17.5 Å². The van der Waals surface area contributed by atoms with E-state index in [4.69, 9.17) is 4.74 Å². The van der Waals surface area contributed by atoms with Crippen molar-refractivity contribution in [3.8, 4) is 11.5 Å². The lowest BCUT2D eigenvalue weighted by atomic mass is 10.2. The van der Waals surface area contributed by atoms with Crippen molar-refractivity contribution in [3.63, 3.8) is 0 Å². The van der Waals surface area contributed by atoms with Crippen molar-refractivity contribution in [2.24, 2.45) is 5.10 Å². The van der Waals surface area contributed by atoms with Crippen LogP contribution in [0.25, 0.3) is 0 Å². The molecule has 0 aliphatic rings. The monoisotopic (exact) mass is 386 g/mol. The number of aryl methyl sites for hydroxylation is 1. The summed E-state index contributed by atoms with van der Waals surface area (Å²) in [4.78, 5) is 33.9. The van der Waals surface area contributed by atoms with E-state index in [1.807, 2.05) is 18.4 Å². The van der Waals surface area contributed by atoms with E-state index in [0.29, 0.717) is 5.69 Å². The molecule has 0 saturated carbocycles. The average Bonchev–Trinajstić information content (AvgIpc) is 2.63. The van der Waals surface area contributed by atoms with Crippen molar-refractivity contribution >= 4 is 29.4 Å². The Morgan fingerprint density at radius 3 is 2.68 bits per heavy atom. The molecule has 10 heteroatoms. The number of phenolic OH excluding ortho intramolecular Hbond substituents is 1. The molecule has 2 rings (SSSR count). The van der Waals surface area contributed by atoms with Gasteiger partial charge in [-0.15, -0.1) is 0 Å². The molecule has 3 N–H and O–H groups in total. The number of nitrogens with one attached hydrogen (secondary N) is 2. The van der Waals surface area contributed by atoms with E-state index in [0.717, 1.165) is 17.8 Å². The van der Waals surface area contributed by atoms with Crippen molar-refractivity contribution in [2.45, 2.75) is 13.8 Å². The van der Waals surface area contributed by atoms with Crippen LogP contribution in [0.1, 0.15) is 18.1 Å². The maximum atomic E-state index is 11.9. The van der Waals surface area contributed by atoms with Gasteiger partial charge in [0.25, 0.3) is 0 Å². The second kappa shape index (κ2) is 9.12. The largest absolute Gasteiger partial charge is 0.500 e. The van der Waals surface area contributed by atoms with Crippen LogP contribution in [-0.4, -0.2) is 34.7 Å². The molecule has 2 aromatic carbocycles. The minimum Gasteiger partial charge on any atom is -0.500 e. The number of phenols is 1. The highest BCUT2D eigenvalue weighted by Crippen LogP contribution is 2.36. The summed E-state index contributed by atoms with van der Waals surface area (Å²) in [5.41, 5.74) is 3.01. The van der Waals surface area contributed by atoms with Gasteiger partial charge in [0.1, 0.15) is 0 Å². The number of nitro groups is 1.